The molecule has 0 aliphatic carbocycles. The molecule has 0 unspecified atom stereocenters. The van der Waals surface area contributed by atoms with Crippen molar-refractivity contribution in [1.82, 2.24) is 0 Å². The fourth-order valence-electron chi connectivity index (χ4n) is 2.41. The molecular weight excluding hydrogens is 274 g/mol. The Kier molecular flexibility index (Phi) is 5.78. The zero-order chi connectivity index (χ0) is 15.8. The quantitative estimate of drug-likeness (QED) is 0.627. The van der Waals surface area contributed by atoms with Crippen LogP contribution >= 0.6 is 0 Å². The Labute approximate surface area is 131 Å². The minimum atomic E-state index is -0.427. The number of amides is 1. The smallest absolute Gasteiger partial charge is 0.249 e. The van der Waals surface area contributed by atoms with Crippen molar-refractivity contribution in [3.63, 3.8) is 0 Å². The standard InChI is InChI=1S/C19H21NO2/c1-22-18-14-8-7-12-16(18)17(19(20)21)13-6-5-11-15-9-3-2-4-10-15/h2-4,7-10,12-14H,5-6,11H2,1H3,(H2,20,21)/b17-13+. The Morgan fingerprint density at radius 2 is 1.77 bits per heavy atom. The van der Waals surface area contributed by atoms with Gasteiger partial charge in [-0.1, -0.05) is 54.6 Å². The molecular formula is C19H21NO2. The Hall–Kier alpha value is -2.55. The van der Waals surface area contributed by atoms with Gasteiger partial charge in [-0.15, -0.1) is 0 Å². The van der Waals surface area contributed by atoms with Gasteiger partial charge in [0.25, 0.3) is 0 Å². The van der Waals surface area contributed by atoms with Gasteiger partial charge in [0.1, 0.15) is 5.75 Å². The van der Waals surface area contributed by atoms with Gasteiger partial charge in [-0.3, -0.25) is 4.79 Å². The van der Waals surface area contributed by atoms with Crippen molar-refractivity contribution in [2.24, 2.45) is 5.73 Å². The van der Waals surface area contributed by atoms with Crippen molar-refractivity contribution in [2.75, 3.05) is 7.11 Å². The molecule has 114 valence electrons. The Balaban J connectivity index is 2.06. The second-order valence-corrected chi connectivity index (χ2v) is 5.06. The highest BCUT2D eigenvalue weighted by Gasteiger charge is 2.12. The Morgan fingerprint density at radius 3 is 2.45 bits per heavy atom. The van der Waals surface area contributed by atoms with E-state index >= 15 is 0 Å². The molecule has 3 nitrogen and oxygen atoms in total. The number of unbranched alkanes of at least 4 members (excludes halogenated alkanes) is 1. The van der Waals surface area contributed by atoms with Crippen LogP contribution in [0.25, 0.3) is 5.57 Å². The van der Waals surface area contributed by atoms with Crippen LogP contribution in [0, 0.1) is 0 Å². The minimum Gasteiger partial charge on any atom is -0.496 e. The number of aryl methyl sites for hydroxylation is 1. The Morgan fingerprint density at radius 1 is 1.09 bits per heavy atom. The summed E-state index contributed by atoms with van der Waals surface area (Å²) in [5, 5.41) is 0. The molecule has 0 aliphatic heterocycles. The summed E-state index contributed by atoms with van der Waals surface area (Å²) in [4.78, 5) is 11.7. The van der Waals surface area contributed by atoms with Crippen LogP contribution in [0.3, 0.4) is 0 Å². The SMILES string of the molecule is COc1ccccc1/C(=C\CCCc1ccccc1)C(N)=O. The number of hydrogen-bond acceptors (Lipinski definition) is 2. The van der Waals surface area contributed by atoms with Crippen LogP contribution in [-0.4, -0.2) is 13.0 Å². The first-order valence-corrected chi connectivity index (χ1v) is 7.39. The third-order valence-electron chi connectivity index (χ3n) is 3.52. The lowest BCUT2D eigenvalue weighted by atomic mass is 10.0. The number of carbonyl (C=O) groups is 1. The monoisotopic (exact) mass is 295 g/mol. The van der Waals surface area contributed by atoms with E-state index in [0.717, 1.165) is 24.8 Å². The highest BCUT2D eigenvalue weighted by atomic mass is 16.5. The van der Waals surface area contributed by atoms with Gasteiger partial charge in [0.05, 0.1) is 7.11 Å². The van der Waals surface area contributed by atoms with E-state index < -0.39 is 5.91 Å². The van der Waals surface area contributed by atoms with Gasteiger partial charge >= 0.3 is 0 Å². The van der Waals surface area contributed by atoms with E-state index in [1.54, 1.807) is 7.11 Å². The second-order valence-electron chi connectivity index (χ2n) is 5.06. The highest BCUT2D eigenvalue weighted by Crippen LogP contribution is 2.26. The number of ether oxygens (including phenoxy) is 1. The topological polar surface area (TPSA) is 52.3 Å². The predicted octanol–water partition coefficient (Wildman–Crippen LogP) is 3.59. The van der Waals surface area contributed by atoms with E-state index in [9.17, 15) is 4.79 Å². The second kappa shape index (κ2) is 8.03. The summed E-state index contributed by atoms with van der Waals surface area (Å²) >= 11 is 0. The number of rotatable bonds is 7. The average Bonchev–Trinajstić information content (AvgIpc) is 2.55. The number of para-hydroxylation sites is 1. The largest absolute Gasteiger partial charge is 0.496 e. The van der Waals surface area contributed by atoms with Crippen LogP contribution < -0.4 is 10.5 Å². The van der Waals surface area contributed by atoms with Gasteiger partial charge in [-0.2, -0.15) is 0 Å². The van der Waals surface area contributed by atoms with Crippen LogP contribution in [0.4, 0.5) is 0 Å². The van der Waals surface area contributed by atoms with Crippen molar-refractivity contribution in [3.05, 3.63) is 71.8 Å². The average molecular weight is 295 g/mol. The molecule has 0 fully saturated rings. The van der Waals surface area contributed by atoms with Crippen LogP contribution in [0.15, 0.2) is 60.7 Å². The van der Waals surface area contributed by atoms with Crippen molar-refractivity contribution < 1.29 is 9.53 Å². The summed E-state index contributed by atoms with van der Waals surface area (Å²) in [6.07, 6.45) is 4.65. The van der Waals surface area contributed by atoms with E-state index in [2.05, 4.69) is 12.1 Å². The zero-order valence-electron chi connectivity index (χ0n) is 12.8. The number of methoxy groups -OCH3 is 1. The zero-order valence-corrected chi connectivity index (χ0v) is 12.8. The first-order chi connectivity index (χ1) is 10.7. The molecule has 0 saturated carbocycles. The Bertz CT molecular complexity index is 647. The lowest BCUT2D eigenvalue weighted by molar-refractivity contribution is -0.112. The summed E-state index contributed by atoms with van der Waals surface area (Å²) < 4.78 is 5.30. The third-order valence-corrected chi connectivity index (χ3v) is 3.52. The first kappa shape index (κ1) is 15.8. The molecule has 3 heteroatoms. The predicted molar refractivity (Wildman–Crippen MR) is 89.5 cm³/mol. The molecule has 2 aromatic rings. The molecule has 0 bridgehead atoms. The summed E-state index contributed by atoms with van der Waals surface area (Å²) in [7, 11) is 1.59. The number of hydrogen-bond donors (Lipinski definition) is 1. The molecule has 2 aromatic carbocycles. The molecule has 0 atom stereocenters. The van der Waals surface area contributed by atoms with E-state index in [0.29, 0.717) is 11.3 Å². The van der Waals surface area contributed by atoms with Gasteiger partial charge in [0.15, 0.2) is 0 Å². The van der Waals surface area contributed by atoms with Crippen LogP contribution in [0.2, 0.25) is 0 Å². The maximum absolute atomic E-state index is 11.7. The summed E-state index contributed by atoms with van der Waals surface area (Å²) in [5.41, 5.74) is 8.09. The van der Waals surface area contributed by atoms with Gasteiger partial charge in [0.2, 0.25) is 5.91 Å². The van der Waals surface area contributed by atoms with Crippen LogP contribution in [0.5, 0.6) is 5.75 Å². The van der Waals surface area contributed by atoms with Crippen LogP contribution in [-0.2, 0) is 11.2 Å². The lowest BCUT2D eigenvalue weighted by Gasteiger charge is -2.09. The molecule has 2 rings (SSSR count). The molecule has 2 N–H and O–H groups in total. The van der Waals surface area contributed by atoms with Gasteiger partial charge in [-0.25, -0.2) is 0 Å². The molecule has 0 aromatic heterocycles. The van der Waals surface area contributed by atoms with E-state index in [1.165, 1.54) is 5.56 Å². The highest BCUT2D eigenvalue weighted by molar-refractivity contribution is 6.19. The third kappa shape index (κ3) is 4.22. The van der Waals surface area contributed by atoms with Crippen molar-refractivity contribution >= 4 is 11.5 Å². The molecule has 0 saturated heterocycles. The minimum absolute atomic E-state index is 0.427. The van der Waals surface area contributed by atoms with E-state index in [4.69, 9.17) is 10.5 Å². The number of allylic oxidation sites excluding steroid dienone is 1. The lowest BCUT2D eigenvalue weighted by Crippen LogP contribution is -2.13. The van der Waals surface area contributed by atoms with Crippen molar-refractivity contribution in [2.45, 2.75) is 19.3 Å². The molecule has 22 heavy (non-hydrogen) atoms. The van der Waals surface area contributed by atoms with Gasteiger partial charge in [0, 0.05) is 11.1 Å². The van der Waals surface area contributed by atoms with E-state index in [-0.39, 0.29) is 0 Å². The molecule has 0 aliphatic rings. The summed E-state index contributed by atoms with van der Waals surface area (Å²) in [5.74, 6) is 0.236. The molecule has 0 radical (unpaired) electrons. The maximum atomic E-state index is 11.7. The fraction of sp³-hybridized carbons (Fsp3) is 0.211. The van der Waals surface area contributed by atoms with Gasteiger partial charge in [-0.05, 0) is 30.9 Å². The molecule has 0 spiro atoms. The maximum Gasteiger partial charge on any atom is 0.249 e. The van der Waals surface area contributed by atoms with E-state index in [1.807, 2.05) is 48.5 Å². The number of primary amides is 1. The first-order valence-electron chi connectivity index (χ1n) is 7.39. The fourth-order valence-corrected chi connectivity index (χ4v) is 2.41. The number of nitrogens with two attached hydrogens (primary N) is 1. The molecule has 1 amide bonds. The van der Waals surface area contributed by atoms with Crippen molar-refractivity contribution in [1.29, 1.82) is 0 Å². The van der Waals surface area contributed by atoms with Crippen LogP contribution in [0.1, 0.15) is 24.0 Å². The number of carbonyl (C=O) groups excluding carboxylic acids is 1. The van der Waals surface area contributed by atoms with Crippen molar-refractivity contribution in [3.8, 4) is 5.75 Å². The summed E-state index contributed by atoms with van der Waals surface area (Å²) in [6.45, 7) is 0. The van der Waals surface area contributed by atoms with Gasteiger partial charge < -0.3 is 10.5 Å². The molecule has 0 heterocycles. The summed E-state index contributed by atoms with van der Waals surface area (Å²) in [6, 6.07) is 17.7. The normalized spacial score (nSPS) is 11.2. The number of benzene rings is 2.